The Bertz CT molecular complexity index is 1270. The Morgan fingerprint density at radius 3 is 2.56 bits per heavy atom. The molecule has 8 heteroatoms. The van der Waals surface area contributed by atoms with Gasteiger partial charge in [-0.05, 0) is 60.0 Å². The number of nitrogens with zero attached hydrogens (tertiary/aromatic N) is 2. The molecule has 0 spiro atoms. The van der Waals surface area contributed by atoms with Crippen molar-refractivity contribution in [3.05, 3.63) is 89.3 Å². The number of phenolic OH excluding ortho intramolecular Hbond substituents is 1. The first-order valence-corrected chi connectivity index (χ1v) is 11.7. The summed E-state index contributed by atoms with van der Waals surface area (Å²) in [5.41, 5.74) is 1.57. The Kier molecular flexibility index (Phi) is 7.53. The number of pyridine rings is 1. The second-order valence-corrected chi connectivity index (χ2v) is 8.45. The largest absolute Gasteiger partial charge is 0.507 e. The average molecular weight is 489 g/mol. The zero-order chi connectivity index (χ0) is 25.7. The minimum absolute atomic E-state index is 0.0451. The summed E-state index contributed by atoms with van der Waals surface area (Å²) < 4.78 is 10.9. The van der Waals surface area contributed by atoms with Crippen LogP contribution in [0, 0.1) is 0 Å². The summed E-state index contributed by atoms with van der Waals surface area (Å²) in [6.45, 7) is 2.77. The fourth-order valence-electron chi connectivity index (χ4n) is 4.14. The van der Waals surface area contributed by atoms with Gasteiger partial charge in [-0.1, -0.05) is 25.5 Å². The molecule has 1 atom stereocenters. The van der Waals surface area contributed by atoms with Crippen molar-refractivity contribution in [2.45, 2.75) is 32.4 Å². The normalized spacial score (nSPS) is 16.8. The summed E-state index contributed by atoms with van der Waals surface area (Å²) in [5, 5.41) is 21.3. The van der Waals surface area contributed by atoms with Gasteiger partial charge in [0, 0.05) is 24.5 Å². The number of aliphatic hydroxyl groups is 1. The van der Waals surface area contributed by atoms with Crippen LogP contribution < -0.4 is 9.47 Å². The van der Waals surface area contributed by atoms with Crippen LogP contribution in [0.25, 0.3) is 5.76 Å². The average Bonchev–Trinajstić information content (AvgIpc) is 3.14. The lowest BCUT2D eigenvalue weighted by molar-refractivity contribution is -0.140. The molecule has 0 aliphatic carbocycles. The molecule has 1 saturated heterocycles. The van der Waals surface area contributed by atoms with Crippen molar-refractivity contribution in [3.63, 3.8) is 0 Å². The van der Waals surface area contributed by atoms with E-state index in [1.807, 2.05) is 0 Å². The summed E-state index contributed by atoms with van der Waals surface area (Å²) in [6, 6.07) is 14.0. The van der Waals surface area contributed by atoms with E-state index in [9.17, 15) is 19.8 Å². The molecule has 4 rings (SSSR count). The van der Waals surface area contributed by atoms with Crippen molar-refractivity contribution in [3.8, 4) is 17.2 Å². The molecule has 2 aromatic carbocycles. The molecule has 3 aromatic rings. The first kappa shape index (κ1) is 24.8. The van der Waals surface area contributed by atoms with Crippen molar-refractivity contribution in [2.75, 3.05) is 13.7 Å². The van der Waals surface area contributed by atoms with Gasteiger partial charge in [0.2, 0.25) is 0 Å². The Balaban J connectivity index is 1.78. The van der Waals surface area contributed by atoms with E-state index in [0.29, 0.717) is 23.5 Å². The number of Topliss-reactive ketones (excluding diaryl/α,β-unsaturated/α-hetero) is 1. The van der Waals surface area contributed by atoms with Crippen LogP contribution in [0.4, 0.5) is 0 Å². The molecule has 186 valence electrons. The highest BCUT2D eigenvalue weighted by atomic mass is 16.5. The van der Waals surface area contributed by atoms with Crippen LogP contribution in [0.1, 0.15) is 42.5 Å². The lowest BCUT2D eigenvalue weighted by atomic mass is 9.95. The molecule has 2 heterocycles. The van der Waals surface area contributed by atoms with Crippen LogP contribution in [0.2, 0.25) is 0 Å². The van der Waals surface area contributed by atoms with E-state index in [4.69, 9.17) is 9.47 Å². The third kappa shape index (κ3) is 5.02. The van der Waals surface area contributed by atoms with Crippen molar-refractivity contribution >= 4 is 17.4 Å². The van der Waals surface area contributed by atoms with Gasteiger partial charge >= 0.3 is 0 Å². The van der Waals surface area contributed by atoms with E-state index < -0.39 is 17.7 Å². The second-order valence-electron chi connectivity index (χ2n) is 8.45. The number of aromatic hydroxyl groups is 1. The van der Waals surface area contributed by atoms with Gasteiger partial charge < -0.3 is 24.6 Å². The quantitative estimate of drug-likeness (QED) is 0.196. The maximum Gasteiger partial charge on any atom is 0.295 e. The van der Waals surface area contributed by atoms with Crippen molar-refractivity contribution < 1.29 is 29.3 Å². The maximum atomic E-state index is 13.2. The molecule has 1 unspecified atom stereocenters. The number of aromatic nitrogens is 1. The van der Waals surface area contributed by atoms with Gasteiger partial charge in [0.25, 0.3) is 11.7 Å². The van der Waals surface area contributed by atoms with Gasteiger partial charge in [0.1, 0.15) is 11.5 Å². The second kappa shape index (κ2) is 10.9. The highest BCUT2D eigenvalue weighted by Crippen LogP contribution is 2.42. The van der Waals surface area contributed by atoms with Crippen molar-refractivity contribution in [1.29, 1.82) is 0 Å². The molecule has 1 fully saturated rings. The molecular formula is C28H28N2O6. The standard InChI is InChI=1S/C28H28N2O6/c1-3-4-14-36-21-10-7-19(8-11-21)26(32)24-25(20-9-12-22(31)23(15-20)35-2)30(28(34)27(24)33)17-18-6-5-13-29-16-18/h5-13,15-16,25,31-32H,3-4,14,17H2,1-2H3. The highest BCUT2D eigenvalue weighted by molar-refractivity contribution is 6.46. The molecule has 36 heavy (non-hydrogen) atoms. The first-order chi connectivity index (χ1) is 17.4. The molecule has 1 aliphatic rings. The van der Waals surface area contributed by atoms with Crippen LogP contribution in [0.15, 0.2) is 72.6 Å². The first-order valence-electron chi connectivity index (χ1n) is 11.7. The summed E-state index contributed by atoms with van der Waals surface area (Å²) in [4.78, 5) is 31.9. The Labute approximate surface area is 209 Å². The fraction of sp³-hybridized carbons (Fsp3) is 0.250. The van der Waals surface area contributed by atoms with Gasteiger partial charge in [-0.2, -0.15) is 0 Å². The molecule has 1 amide bonds. The van der Waals surface area contributed by atoms with E-state index in [1.54, 1.807) is 60.9 Å². The smallest absolute Gasteiger partial charge is 0.295 e. The number of benzene rings is 2. The van der Waals surface area contributed by atoms with Gasteiger partial charge in [0.05, 0.1) is 25.3 Å². The maximum absolute atomic E-state index is 13.2. The number of ketones is 1. The van der Waals surface area contributed by atoms with E-state index in [-0.39, 0.29) is 29.4 Å². The predicted molar refractivity (Wildman–Crippen MR) is 134 cm³/mol. The fourth-order valence-corrected chi connectivity index (χ4v) is 4.14. The van der Waals surface area contributed by atoms with Gasteiger partial charge in [-0.3, -0.25) is 14.6 Å². The number of methoxy groups -OCH3 is 1. The summed E-state index contributed by atoms with van der Waals surface area (Å²) >= 11 is 0. The number of rotatable bonds is 9. The number of unbranched alkanes of at least 4 members (excludes halogenated alkanes) is 1. The highest BCUT2D eigenvalue weighted by Gasteiger charge is 2.46. The monoisotopic (exact) mass is 488 g/mol. The van der Waals surface area contributed by atoms with Crippen LogP contribution in [-0.4, -0.2) is 45.5 Å². The number of aliphatic hydroxyl groups excluding tert-OH is 1. The number of ether oxygens (including phenoxy) is 2. The topological polar surface area (TPSA) is 109 Å². The minimum atomic E-state index is -0.903. The van der Waals surface area contributed by atoms with Gasteiger partial charge in [0.15, 0.2) is 11.5 Å². The molecule has 1 aromatic heterocycles. The molecule has 0 bridgehead atoms. The minimum Gasteiger partial charge on any atom is -0.507 e. The summed E-state index contributed by atoms with van der Waals surface area (Å²) in [7, 11) is 1.41. The number of phenols is 1. The van der Waals surface area contributed by atoms with E-state index in [1.165, 1.54) is 18.1 Å². The molecule has 1 aliphatic heterocycles. The molecule has 8 nitrogen and oxygen atoms in total. The van der Waals surface area contributed by atoms with E-state index in [2.05, 4.69) is 11.9 Å². The zero-order valence-corrected chi connectivity index (χ0v) is 20.2. The SMILES string of the molecule is CCCCOc1ccc(C(O)=C2C(=O)C(=O)N(Cc3cccnc3)C2c2ccc(O)c(OC)c2)cc1. The van der Waals surface area contributed by atoms with Gasteiger partial charge in [-0.25, -0.2) is 0 Å². The van der Waals surface area contributed by atoms with Crippen LogP contribution in [-0.2, 0) is 16.1 Å². The number of hydrogen-bond acceptors (Lipinski definition) is 7. The summed E-state index contributed by atoms with van der Waals surface area (Å²) in [6.07, 6.45) is 5.18. The number of hydrogen-bond donors (Lipinski definition) is 2. The number of likely N-dealkylation sites (tertiary alicyclic amines) is 1. The molecular weight excluding hydrogens is 460 g/mol. The molecule has 0 saturated carbocycles. The molecule has 0 radical (unpaired) electrons. The van der Waals surface area contributed by atoms with Gasteiger partial charge in [-0.15, -0.1) is 0 Å². The third-order valence-corrected chi connectivity index (χ3v) is 6.03. The van der Waals surface area contributed by atoms with Crippen LogP contribution >= 0.6 is 0 Å². The number of carbonyl (C=O) groups is 2. The number of carbonyl (C=O) groups excluding carboxylic acids is 2. The Morgan fingerprint density at radius 2 is 1.89 bits per heavy atom. The van der Waals surface area contributed by atoms with Crippen LogP contribution in [0.3, 0.4) is 0 Å². The van der Waals surface area contributed by atoms with E-state index in [0.717, 1.165) is 18.4 Å². The molecule has 2 N–H and O–H groups in total. The predicted octanol–water partition coefficient (Wildman–Crippen LogP) is 4.60. The lowest BCUT2D eigenvalue weighted by Gasteiger charge is -2.25. The van der Waals surface area contributed by atoms with E-state index >= 15 is 0 Å². The zero-order valence-electron chi connectivity index (χ0n) is 20.2. The Morgan fingerprint density at radius 1 is 1.11 bits per heavy atom. The lowest BCUT2D eigenvalue weighted by Crippen LogP contribution is -2.29. The van der Waals surface area contributed by atoms with Crippen molar-refractivity contribution in [1.82, 2.24) is 9.88 Å². The van der Waals surface area contributed by atoms with Crippen LogP contribution in [0.5, 0.6) is 17.2 Å². The Hall–Kier alpha value is -4.33. The number of amides is 1. The van der Waals surface area contributed by atoms with Crippen molar-refractivity contribution in [2.24, 2.45) is 0 Å². The third-order valence-electron chi connectivity index (χ3n) is 6.03. The summed E-state index contributed by atoms with van der Waals surface area (Å²) in [5.74, 6) is -1.07.